The highest BCUT2D eigenvalue weighted by Gasteiger charge is 2.27. The third-order valence-electron chi connectivity index (χ3n) is 4.59. The lowest BCUT2D eigenvalue weighted by molar-refractivity contribution is 0.0698. The van der Waals surface area contributed by atoms with Crippen molar-refractivity contribution in [3.63, 3.8) is 0 Å². The van der Waals surface area contributed by atoms with Crippen LogP contribution >= 0.6 is 0 Å². The molecule has 0 amide bonds. The average Bonchev–Trinajstić information content (AvgIpc) is 3.36. The normalized spacial score (nSPS) is 14.0. The van der Waals surface area contributed by atoms with Crippen LogP contribution in [0.5, 0.6) is 5.88 Å². The summed E-state index contributed by atoms with van der Waals surface area (Å²) in [6.07, 6.45) is 2.04. The summed E-state index contributed by atoms with van der Waals surface area (Å²) in [5, 5.41) is 13.7. The van der Waals surface area contributed by atoms with E-state index in [1.165, 1.54) is 22.7 Å². The number of benzene rings is 1. The Morgan fingerprint density at radius 2 is 2.00 bits per heavy atom. The van der Waals surface area contributed by atoms with Crippen LogP contribution in [0.2, 0.25) is 0 Å². The fourth-order valence-corrected chi connectivity index (χ4v) is 3.09. The van der Waals surface area contributed by atoms with Gasteiger partial charge in [-0.1, -0.05) is 6.07 Å². The van der Waals surface area contributed by atoms with Gasteiger partial charge in [0.2, 0.25) is 5.88 Å². The van der Waals surface area contributed by atoms with E-state index in [2.05, 4.69) is 5.10 Å². The smallest absolute Gasteiger partial charge is 0.339 e. The van der Waals surface area contributed by atoms with Gasteiger partial charge in [0.25, 0.3) is 0 Å². The highest BCUT2D eigenvalue weighted by Crippen LogP contribution is 2.42. The summed E-state index contributed by atoms with van der Waals surface area (Å²) in [6.45, 7) is 1.29. The number of halogens is 2. The maximum absolute atomic E-state index is 13.8. The monoisotopic (exact) mass is 358 g/mol. The Labute approximate surface area is 147 Å². The first-order valence-electron chi connectivity index (χ1n) is 8.28. The minimum Gasteiger partial charge on any atom is -0.478 e. The summed E-state index contributed by atoms with van der Waals surface area (Å²) < 4.78 is 34.7. The van der Waals surface area contributed by atoms with Crippen LogP contribution in [0.4, 0.5) is 8.78 Å². The molecule has 0 bridgehead atoms. The van der Waals surface area contributed by atoms with Gasteiger partial charge in [-0.2, -0.15) is 9.61 Å². The number of hydrogen-bond donors (Lipinski definition) is 1. The Bertz CT molecular complexity index is 1010. The Hall–Kier alpha value is -2.96. The maximum atomic E-state index is 13.8. The summed E-state index contributed by atoms with van der Waals surface area (Å²) in [5.41, 5.74) is 1.65. The van der Waals surface area contributed by atoms with E-state index in [-0.39, 0.29) is 23.6 Å². The van der Waals surface area contributed by atoms with Gasteiger partial charge in [-0.05, 0) is 49.4 Å². The second kappa shape index (κ2) is 6.09. The first-order chi connectivity index (χ1) is 12.5. The zero-order valence-electron chi connectivity index (χ0n) is 14.0. The number of carbonyl (C=O) groups is 1. The number of aryl methyl sites for hydroxylation is 1. The predicted molar refractivity (Wildman–Crippen MR) is 89.6 cm³/mol. The fourth-order valence-electron chi connectivity index (χ4n) is 3.09. The third-order valence-corrected chi connectivity index (χ3v) is 4.59. The summed E-state index contributed by atoms with van der Waals surface area (Å²) in [4.78, 5) is 11.6. The van der Waals surface area contributed by atoms with Crippen LogP contribution in [0.3, 0.4) is 0 Å². The van der Waals surface area contributed by atoms with E-state index in [4.69, 9.17) is 4.74 Å². The van der Waals surface area contributed by atoms with Crippen molar-refractivity contribution in [1.29, 1.82) is 0 Å². The Balaban J connectivity index is 1.78. The molecule has 4 rings (SSSR count). The zero-order chi connectivity index (χ0) is 18.4. The first-order valence-corrected chi connectivity index (χ1v) is 8.28. The topological polar surface area (TPSA) is 63.8 Å². The number of hydrogen-bond acceptors (Lipinski definition) is 3. The van der Waals surface area contributed by atoms with E-state index in [1.54, 1.807) is 19.1 Å². The van der Waals surface area contributed by atoms with Crippen molar-refractivity contribution in [3.05, 3.63) is 64.4 Å². The largest absolute Gasteiger partial charge is 0.478 e. The van der Waals surface area contributed by atoms with E-state index in [9.17, 15) is 18.7 Å². The molecule has 7 heteroatoms. The summed E-state index contributed by atoms with van der Waals surface area (Å²) in [5.74, 6) is -1.84. The van der Waals surface area contributed by atoms with Crippen molar-refractivity contribution >= 4 is 11.5 Å². The molecule has 2 heterocycles. The van der Waals surface area contributed by atoms with Gasteiger partial charge in [0, 0.05) is 6.07 Å². The van der Waals surface area contributed by atoms with E-state index in [0.717, 1.165) is 18.4 Å². The lowest BCUT2D eigenvalue weighted by atomic mass is 10.1. The van der Waals surface area contributed by atoms with Gasteiger partial charge in [0.15, 0.2) is 0 Å². The van der Waals surface area contributed by atoms with Crippen molar-refractivity contribution < 1.29 is 23.4 Å². The Kier molecular flexibility index (Phi) is 3.86. The molecule has 134 valence electrons. The molecule has 0 atom stereocenters. The summed E-state index contributed by atoms with van der Waals surface area (Å²) in [6, 6.07) is 7.19. The molecule has 2 aromatic heterocycles. The minimum atomic E-state index is -1.07. The van der Waals surface area contributed by atoms with Gasteiger partial charge >= 0.3 is 5.97 Å². The molecule has 1 aliphatic rings. The summed E-state index contributed by atoms with van der Waals surface area (Å²) >= 11 is 0. The summed E-state index contributed by atoms with van der Waals surface area (Å²) in [7, 11) is 0. The van der Waals surface area contributed by atoms with Crippen molar-refractivity contribution in [1.82, 2.24) is 9.61 Å². The van der Waals surface area contributed by atoms with Gasteiger partial charge in [0.05, 0.1) is 16.8 Å². The highest BCUT2D eigenvalue weighted by molar-refractivity contribution is 5.97. The molecule has 1 N–H and O–H groups in total. The van der Waals surface area contributed by atoms with E-state index in [0.29, 0.717) is 17.1 Å². The van der Waals surface area contributed by atoms with Crippen LogP contribution in [0, 0.1) is 18.6 Å². The minimum absolute atomic E-state index is 0.106. The van der Waals surface area contributed by atoms with Crippen molar-refractivity contribution in [2.24, 2.45) is 0 Å². The van der Waals surface area contributed by atoms with Gasteiger partial charge in [-0.3, -0.25) is 0 Å². The Morgan fingerprint density at radius 3 is 2.62 bits per heavy atom. The van der Waals surface area contributed by atoms with Crippen LogP contribution in [0.1, 0.15) is 45.9 Å². The number of aromatic carboxylic acids is 1. The number of fused-ring (bicyclic) bond motifs is 1. The van der Waals surface area contributed by atoms with Gasteiger partial charge < -0.3 is 9.84 Å². The van der Waals surface area contributed by atoms with Crippen molar-refractivity contribution in [2.75, 3.05) is 0 Å². The van der Waals surface area contributed by atoms with Crippen molar-refractivity contribution in [3.8, 4) is 5.88 Å². The van der Waals surface area contributed by atoms with Crippen molar-refractivity contribution in [2.45, 2.75) is 32.3 Å². The number of nitrogens with zero attached hydrogens (tertiary/aromatic N) is 2. The van der Waals surface area contributed by atoms with E-state index < -0.39 is 17.6 Å². The molecule has 1 aliphatic carbocycles. The quantitative estimate of drug-likeness (QED) is 0.747. The molecule has 1 saturated carbocycles. The van der Waals surface area contributed by atoms with Crippen LogP contribution < -0.4 is 4.74 Å². The molecular formula is C19H16F2N2O3. The van der Waals surface area contributed by atoms with E-state index >= 15 is 0 Å². The highest BCUT2D eigenvalue weighted by atomic mass is 19.1. The molecular weight excluding hydrogens is 342 g/mol. The van der Waals surface area contributed by atoms with Gasteiger partial charge in [0.1, 0.15) is 23.8 Å². The third kappa shape index (κ3) is 2.79. The molecule has 0 spiro atoms. The zero-order valence-corrected chi connectivity index (χ0v) is 14.0. The number of pyridine rings is 1. The number of carboxylic acids is 1. The van der Waals surface area contributed by atoms with E-state index in [1.807, 2.05) is 0 Å². The van der Waals surface area contributed by atoms with Crippen LogP contribution in [0.15, 0.2) is 30.3 Å². The van der Waals surface area contributed by atoms with Crippen LogP contribution in [0.25, 0.3) is 5.52 Å². The fraction of sp³-hybridized carbons (Fsp3) is 0.263. The number of rotatable bonds is 5. The lowest BCUT2D eigenvalue weighted by Gasteiger charge is -2.11. The van der Waals surface area contributed by atoms with Crippen LogP contribution in [-0.2, 0) is 6.61 Å². The maximum Gasteiger partial charge on any atom is 0.339 e. The van der Waals surface area contributed by atoms with Crippen LogP contribution in [-0.4, -0.2) is 20.7 Å². The lowest BCUT2D eigenvalue weighted by Crippen LogP contribution is -2.06. The molecule has 26 heavy (non-hydrogen) atoms. The number of carboxylic acid groups (broad SMARTS) is 1. The molecule has 1 aromatic carbocycles. The standard InChI is InChI=1S/C19H16F2N2O3/c1-10-18(19(24)25)16-7-12(11-5-6-11)8-17(23(16)22-10)26-9-13-14(20)3-2-4-15(13)21/h2-4,7-8,11H,5-6,9H2,1H3,(H,24,25). The first kappa shape index (κ1) is 16.5. The molecule has 0 radical (unpaired) electrons. The second-order valence-corrected chi connectivity index (χ2v) is 6.45. The number of aromatic nitrogens is 2. The Morgan fingerprint density at radius 1 is 1.31 bits per heavy atom. The molecule has 1 fully saturated rings. The molecule has 0 saturated heterocycles. The number of ether oxygens (including phenoxy) is 1. The second-order valence-electron chi connectivity index (χ2n) is 6.45. The van der Waals surface area contributed by atoms with Gasteiger partial charge in [-0.15, -0.1) is 0 Å². The molecule has 5 nitrogen and oxygen atoms in total. The predicted octanol–water partition coefficient (Wildman–Crippen LogP) is 4.08. The van der Waals surface area contributed by atoms with Gasteiger partial charge in [-0.25, -0.2) is 13.6 Å². The SMILES string of the molecule is Cc1nn2c(OCc3c(F)cccc3F)cc(C3CC3)cc2c1C(=O)O. The molecule has 3 aromatic rings. The average molecular weight is 358 g/mol. The molecule has 0 unspecified atom stereocenters. The molecule has 0 aliphatic heterocycles.